The van der Waals surface area contributed by atoms with E-state index in [1.54, 1.807) is 17.3 Å². The Morgan fingerprint density at radius 1 is 1.30 bits per heavy atom. The number of aromatic nitrogens is 3. The number of hydrogen-bond donors (Lipinski definition) is 1. The van der Waals surface area contributed by atoms with E-state index in [4.69, 9.17) is 0 Å². The van der Waals surface area contributed by atoms with Crippen LogP contribution < -0.4 is 5.32 Å². The van der Waals surface area contributed by atoms with Gasteiger partial charge in [-0.05, 0) is 18.6 Å². The average molecular weight is 363 g/mol. The lowest BCUT2D eigenvalue weighted by Gasteiger charge is -2.06. The third-order valence-corrected chi connectivity index (χ3v) is 5.81. The zero-order valence-electron chi connectivity index (χ0n) is 12.4. The fourth-order valence-electron chi connectivity index (χ4n) is 1.90. The van der Waals surface area contributed by atoms with Gasteiger partial charge >= 0.3 is 0 Å². The standard InChI is InChI=1S/C15H14N4OS3/c1-10-4-2-3-5-12(10)18-13(20)6-14-17-11(7-21-14)8-22-15-19-16-9-23-15/h2-5,7,9H,6,8H2,1H3,(H,18,20). The number of thioether (sulfide) groups is 1. The van der Waals surface area contributed by atoms with Crippen LogP contribution in [0.25, 0.3) is 0 Å². The fraction of sp³-hybridized carbons (Fsp3) is 0.200. The summed E-state index contributed by atoms with van der Waals surface area (Å²) in [5.74, 6) is 0.697. The van der Waals surface area contributed by atoms with Crippen molar-refractivity contribution in [2.24, 2.45) is 0 Å². The van der Waals surface area contributed by atoms with Gasteiger partial charge in [0.15, 0.2) is 4.34 Å². The molecule has 8 heteroatoms. The Balaban J connectivity index is 1.54. The highest BCUT2D eigenvalue weighted by molar-refractivity contribution is 8.00. The average Bonchev–Trinajstić information content (AvgIpc) is 3.19. The van der Waals surface area contributed by atoms with Gasteiger partial charge in [0.1, 0.15) is 10.5 Å². The molecule has 1 amide bonds. The highest BCUT2D eigenvalue weighted by Crippen LogP contribution is 2.24. The van der Waals surface area contributed by atoms with E-state index in [0.29, 0.717) is 6.42 Å². The summed E-state index contributed by atoms with van der Waals surface area (Å²) in [7, 11) is 0. The summed E-state index contributed by atoms with van der Waals surface area (Å²) in [5.41, 5.74) is 4.58. The largest absolute Gasteiger partial charge is 0.325 e. The Morgan fingerprint density at radius 2 is 2.17 bits per heavy atom. The number of benzene rings is 1. The Labute approximate surface area is 146 Å². The first kappa shape index (κ1) is 16.1. The van der Waals surface area contributed by atoms with Crippen LogP contribution >= 0.6 is 34.4 Å². The number of thiazole rings is 1. The Hall–Kier alpha value is -1.77. The Kier molecular flexibility index (Phi) is 5.37. The number of para-hydroxylation sites is 1. The van der Waals surface area contributed by atoms with E-state index in [2.05, 4.69) is 20.5 Å². The second-order valence-corrected chi connectivity index (χ2v) is 7.76. The zero-order valence-corrected chi connectivity index (χ0v) is 14.8. The predicted octanol–water partition coefficient (Wildman–Crippen LogP) is 3.78. The molecule has 0 spiro atoms. The summed E-state index contributed by atoms with van der Waals surface area (Å²) in [6.45, 7) is 1.97. The van der Waals surface area contributed by atoms with Crippen molar-refractivity contribution >= 4 is 46.0 Å². The third-order valence-electron chi connectivity index (χ3n) is 3.01. The lowest BCUT2D eigenvalue weighted by Crippen LogP contribution is -2.15. The number of amides is 1. The maximum absolute atomic E-state index is 12.1. The number of carbonyl (C=O) groups excluding carboxylic acids is 1. The SMILES string of the molecule is Cc1ccccc1NC(=O)Cc1nc(CSc2nncs2)cs1. The number of aryl methyl sites for hydroxylation is 1. The van der Waals surface area contributed by atoms with Crippen LogP contribution in [0.5, 0.6) is 0 Å². The van der Waals surface area contributed by atoms with Gasteiger partial charge in [-0.1, -0.05) is 41.3 Å². The van der Waals surface area contributed by atoms with Gasteiger partial charge in [0.05, 0.1) is 12.1 Å². The van der Waals surface area contributed by atoms with Crippen molar-refractivity contribution in [3.05, 3.63) is 51.4 Å². The molecule has 2 aromatic heterocycles. The van der Waals surface area contributed by atoms with E-state index in [0.717, 1.165) is 32.0 Å². The summed E-state index contributed by atoms with van der Waals surface area (Å²) in [4.78, 5) is 16.6. The lowest BCUT2D eigenvalue weighted by molar-refractivity contribution is -0.115. The van der Waals surface area contributed by atoms with E-state index < -0.39 is 0 Å². The molecule has 0 unspecified atom stereocenters. The normalized spacial score (nSPS) is 10.7. The summed E-state index contributed by atoms with van der Waals surface area (Å²) in [6, 6.07) is 7.74. The van der Waals surface area contributed by atoms with Gasteiger partial charge in [-0.2, -0.15) is 0 Å². The molecule has 0 saturated carbocycles. The van der Waals surface area contributed by atoms with Gasteiger partial charge in [0.25, 0.3) is 0 Å². The van der Waals surface area contributed by atoms with Crippen molar-refractivity contribution in [2.75, 3.05) is 5.32 Å². The number of nitrogens with zero attached hydrogens (tertiary/aromatic N) is 3. The van der Waals surface area contributed by atoms with Crippen LogP contribution in [0.15, 0.2) is 39.5 Å². The van der Waals surface area contributed by atoms with Crippen LogP contribution in [-0.2, 0) is 17.0 Å². The van der Waals surface area contributed by atoms with E-state index in [-0.39, 0.29) is 5.91 Å². The van der Waals surface area contributed by atoms with Crippen LogP contribution in [0.1, 0.15) is 16.3 Å². The number of hydrogen-bond acceptors (Lipinski definition) is 7. The van der Waals surface area contributed by atoms with Crippen molar-refractivity contribution < 1.29 is 4.79 Å². The summed E-state index contributed by atoms with van der Waals surface area (Å²) in [6.07, 6.45) is 0.294. The molecule has 118 valence electrons. The molecule has 0 radical (unpaired) electrons. The van der Waals surface area contributed by atoms with E-state index in [1.165, 1.54) is 22.7 Å². The van der Waals surface area contributed by atoms with Gasteiger partial charge in [-0.15, -0.1) is 21.5 Å². The summed E-state index contributed by atoms with van der Waals surface area (Å²) < 4.78 is 0.928. The summed E-state index contributed by atoms with van der Waals surface area (Å²) >= 11 is 4.63. The molecule has 0 aliphatic rings. The second-order valence-electron chi connectivity index (χ2n) is 4.77. The third kappa shape index (κ3) is 4.60. The topological polar surface area (TPSA) is 67.8 Å². The van der Waals surface area contributed by atoms with Crippen LogP contribution in [0.2, 0.25) is 0 Å². The maximum atomic E-state index is 12.1. The fourth-order valence-corrected chi connectivity index (χ4v) is 4.18. The van der Waals surface area contributed by atoms with Crippen LogP contribution in [0.4, 0.5) is 5.69 Å². The smallest absolute Gasteiger partial charge is 0.231 e. The van der Waals surface area contributed by atoms with Crippen molar-refractivity contribution in [3.63, 3.8) is 0 Å². The number of anilines is 1. The molecule has 0 aliphatic heterocycles. The van der Waals surface area contributed by atoms with Crippen LogP contribution in [0.3, 0.4) is 0 Å². The molecule has 0 atom stereocenters. The minimum absolute atomic E-state index is 0.0445. The van der Waals surface area contributed by atoms with Crippen molar-refractivity contribution in [2.45, 2.75) is 23.4 Å². The second kappa shape index (κ2) is 7.67. The predicted molar refractivity (Wildman–Crippen MR) is 95.1 cm³/mol. The quantitative estimate of drug-likeness (QED) is 0.676. The Morgan fingerprint density at radius 3 is 2.96 bits per heavy atom. The minimum atomic E-state index is -0.0445. The zero-order chi connectivity index (χ0) is 16.1. The van der Waals surface area contributed by atoms with Crippen molar-refractivity contribution in [3.8, 4) is 0 Å². The molecule has 0 aliphatic carbocycles. The molecular weight excluding hydrogens is 348 g/mol. The molecule has 3 rings (SSSR count). The minimum Gasteiger partial charge on any atom is -0.325 e. The van der Waals surface area contributed by atoms with Crippen LogP contribution in [0, 0.1) is 6.92 Å². The first-order valence-corrected chi connectivity index (χ1v) is 9.63. The number of carbonyl (C=O) groups is 1. The molecule has 0 fully saturated rings. The van der Waals surface area contributed by atoms with Gasteiger partial charge < -0.3 is 5.32 Å². The molecule has 1 aromatic carbocycles. The van der Waals surface area contributed by atoms with E-state index in [9.17, 15) is 4.79 Å². The van der Waals surface area contributed by atoms with Crippen LogP contribution in [-0.4, -0.2) is 21.1 Å². The molecule has 2 heterocycles. The van der Waals surface area contributed by atoms with E-state index in [1.807, 2.05) is 36.6 Å². The molecule has 0 bridgehead atoms. The number of nitrogens with one attached hydrogen (secondary N) is 1. The molecular formula is C15H14N4OS3. The Bertz CT molecular complexity index is 786. The molecule has 0 saturated heterocycles. The van der Waals surface area contributed by atoms with Crippen molar-refractivity contribution in [1.82, 2.24) is 15.2 Å². The van der Waals surface area contributed by atoms with Gasteiger partial charge in [0.2, 0.25) is 5.91 Å². The highest BCUT2D eigenvalue weighted by atomic mass is 32.2. The van der Waals surface area contributed by atoms with E-state index >= 15 is 0 Å². The molecule has 23 heavy (non-hydrogen) atoms. The first-order valence-electron chi connectivity index (χ1n) is 6.88. The van der Waals surface area contributed by atoms with Gasteiger partial charge in [-0.25, -0.2) is 4.98 Å². The summed E-state index contributed by atoms with van der Waals surface area (Å²) in [5, 5.41) is 13.5. The maximum Gasteiger partial charge on any atom is 0.231 e. The molecule has 3 aromatic rings. The van der Waals surface area contributed by atoms with Gasteiger partial charge in [0, 0.05) is 16.8 Å². The molecule has 5 nitrogen and oxygen atoms in total. The van der Waals surface area contributed by atoms with Crippen molar-refractivity contribution in [1.29, 1.82) is 0 Å². The molecule has 1 N–H and O–H groups in total. The highest BCUT2D eigenvalue weighted by Gasteiger charge is 2.10. The first-order chi connectivity index (χ1) is 11.2. The number of rotatable bonds is 6. The monoisotopic (exact) mass is 362 g/mol. The van der Waals surface area contributed by atoms with Gasteiger partial charge in [-0.3, -0.25) is 4.79 Å². The lowest BCUT2D eigenvalue weighted by atomic mass is 10.2.